The van der Waals surface area contributed by atoms with Crippen molar-refractivity contribution >= 4 is 27.5 Å². The topological polar surface area (TPSA) is 72.2 Å². The first-order valence-corrected chi connectivity index (χ1v) is 9.18. The maximum Gasteiger partial charge on any atom is 0.215 e. The Morgan fingerprint density at radius 3 is 2.52 bits per heavy atom. The van der Waals surface area contributed by atoms with E-state index >= 15 is 0 Å². The van der Waals surface area contributed by atoms with Crippen LogP contribution in [0.5, 0.6) is 0 Å². The fourth-order valence-corrected chi connectivity index (χ4v) is 3.89. The molecule has 0 radical (unpaired) electrons. The van der Waals surface area contributed by atoms with Gasteiger partial charge in [0.25, 0.3) is 0 Å². The van der Waals surface area contributed by atoms with Crippen LogP contribution in [0.15, 0.2) is 59.5 Å². The molecule has 2 aromatic carbocycles. The Bertz CT molecular complexity index is 673. The summed E-state index contributed by atoms with van der Waals surface area (Å²) in [4.78, 5) is 1.13. The molecule has 2 rings (SSSR count). The lowest BCUT2D eigenvalue weighted by Crippen LogP contribution is -2.27. The maximum atomic E-state index is 12.0. The van der Waals surface area contributed by atoms with E-state index in [4.69, 9.17) is 5.73 Å². The quantitative estimate of drug-likeness (QED) is 0.467. The molecule has 0 spiro atoms. The highest BCUT2D eigenvalue weighted by Crippen LogP contribution is 2.16. The molecule has 112 valence electrons. The van der Waals surface area contributed by atoms with Crippen LogP contribution in [0.1, 0.15) is 5.56 Å². The summed E-state index contributed by atoms with van der Waals surface area (Å²) < 4.78 is 26.5. The van der Waals surface area contributed by atoms with Crippen molar-refractivity contribution in [1.82, 2.24) is 4.72 Å². The molecular weight excluding hydrogens is 304 g/mol. The average molecular weight is 322 g/mol. The predicted octanol–water partition coefficient (Wildman–Crippen LogP) is 2.48. The van der Waals surface area contributed by atoms with Gasteiger partial charge in [0.15, 0.2) is 0 Å². The number of anilines is 1. The molecule has 0 amide bonds. The van der Waals surface area contributed by atoms with Crippen LogP contribution in [0, 0.1) is 0 Å². The molecule has 2 aromatic rings. The molecule has 0 unspecified atom stereocenters. The molecular formula is C15H18N2O2S2. The van der Waals surface area contributed by atoms with Crippen molar-refractivity contribution in [2.75, 3.05) is 18.0 Å². The third kappa shape index (κ3) is 5.79. The number of hydrogen-bond donors (Lipinski definition) is 2. The highest BCUT2D eigenvalue weighted by Gasteiger charge is 2.10. The van der Waals surface area contributed by atoms with Crippen molar-refractivity contribution in [2.45, 2.75) is 10.6 Å². The lowest BCUT2D eigenvalue weighted by Gasteiger charge is -2.07. The van der Waals surface area contributed by atoms with Gasteiger partial charge in [0.05, 0.1) is 5.75 Å². The molecule has 4 nitrogen and oxygen atoms in total. The summed E-state index contributed by atoms with van der Waals surface area (Å²) in [5, 5.41) is 0. The van der Waals surface area contributed by atoms with E-state index in [2.05, 4.69) is 4.72 Å². The molecule has 0 bridgehead atoms. The molecule has 0 saturated heterocycles. The Kier molecular flexibility index (Phi) is 5.67. The number of hydrogen-bond acceptors (Lipinski definition) is 4. The first kappa shape index (κ1) is 15.9. The van der Waals surface area contributed by atoms with E-state index in [0.717, 1.165) is 4.90 Å². The minimum atomic E-state index is -3.32. The molecule has 0 fully saturated rings. The zero-order chi connectivity index (χ0) is 15.1. The van der Waals surface area contributed by atoms with Crippen LogP contribution >= 0.6 is 11.8 Å². The average Bonchev–Trinajstić information content (AvgIpc) is 2.44. The summed E-state index contributed by atoms with van der Waals surface area (Å²) in [5.41, 5.74) is 6.91. The summed E-state index contributed by atoms with van der Waals surface area (Å²) in [5.74, 6) is 0.647. The van der Waals surface area contributed by atoms with Gasteiger partial charge in [-0.25, -0.2) is 13.1 Å². The normalized spacial score (nSPS) is 11.4. The number of benzene rings is 2. The third-order valence-corrected chi connectivity index (χ3v) is 5.11. The molecule has 3 N–H and O–H groups in total. The van der Waals surface area contributed by atoms with E-state index in [1.807, 2.05) is 30.3 Å². The molecule has 0 heterocycles. The van der Waals surface area contributed by atoms with E-state index in [-0.39, 0.29) is 5.75 Å². The largest absolute Gasteiger partial charge is 0.399 e. The van der Waals surface area contributed by atoms with E-state index in [1.165, 1.54) is 0 Å². The summed E-state index contributed by atoms with van der Waals surface area (Å²) in [7, 11) is -3.32. The second kappa shape index (κ2) is 7.49. The molecule has 0 aromatic heterocycles. The van der Waals surface area contributed by atoms with Crippen molar-refractivity contribution in [3.8, 4) is 0 Å². The number of nitrogen functional groups attached to an aromatic ring is 1. The van der Waals surface area contributed by atoms with E-state index in [1.54, 1.807) is 36.0 Å². The summed E-state index contributed by atoms with van der Waals surface area (Å²) >= 11 is 1.62. The van der Waals surface area contributed by atoms with Gasteiger partial charge >= 0.3 is 0 Å². The number of nitrogens with one attached hydrogen (secondary N) is 1. The Labute approximate surface area is 129 Å². The molecule has 6 heteroatoms. The van der Waals surface area contributed by atoms with Crippen LogP contribution in [0.4, 0.5) is 5.69 Å². The molecule has 0 saturated carbocycles. The van der Waals surface area contributed by atoms with Gasteiger partial charge in [0.2, 0.25) is 10.0 Å². The first-order chi connectivity index (χ1) is 10.1. The standard InChI is InChI=1S/C15H18N2O2S2/c16-14-6-4-5-13(11-14)12-21(18,19)17-9-10-20-15-7-2-1-3-8-15/h1-8,11,17H,9-10,12,16H2. The minimum absolute atomic E-state index is 0.0476. The first-order valence-electron chi connectivity index (χ1n) is 6.55. The van der Waals surface area contributed by atoms with Crippen LogP contribution in [0.3, 0.4) is 0 Å². The van der Waals surface area contributed by atoms with Crippen molar-refractivity contribution in [3.05, 3.63) is 60.2 Å². The Hall–Kier alpha value is -1.50. The zero-order valence-corrected chi connectivity index (χ0v) is 13.2. The van der Waals surface area contributed by atoms with Gasteiger partial charge in [-0.2, -0.15) is 0 Å². The van der Waals surface area contributed by atoms with Crippen LogP contribution in [0.2, 0.25) is 0 Å². The van der Waals surface area contributed by atoms with Crippen LogP contribution in [-0.2, 0) is 15.8 Å². The van der Waals surface area contributed by atoms with Crippen LogP contribution < -0.4 is 10.5 Å². The van der Waals surface area contributed by atoms with E-state index in [9.17, 15) is 8.42 Å². The molecule has 0 aliphatic carbocycles. The van der Waals surface area contributed by atoms with Gasteiger partial charge in [-0.15, -0.1) is 11.8 Å². The van der Waals surface area contributed by atoms with Gasteiger partial charge in [-0.1, -0.05) is 30.3 Å². The van der Waals surface area contributed by atoms with Gasteiger partial charge in [0.1, 0.15) is 0 Å². The fraction of sp³-hybridized carbons (Fsp3) is 0.200. The third-order valence-electron chi connectivity index (χ3n) is 2.74. The van der Waals surface area contributed by atoms with Crippen molar-refractivity contribution < 1.29 is 8.42 Å². The fourth-order valence-electron chi connectivity index (χ4n) is 1.84. The number of thioether (sulfide) groups is 1. The van der Waals surface area contributed by atoms with E-state index < -0.39 is 10.0 Å². The highest BCUT2D eigenvalue weighted by atomic mass is 32.2. The molecule has 0 aliphatic heterocycles. The number of rotatable bonds is 7. The van der Waals surface area contributed by atoms with Crippen LogP contribution in [0.25, 0.3) is 0 Å². The summed E-state index contributed by atoms with van der Waals surface area (Å²) in [6.45, 7) is 0.407. The molecule has 0 aliphatic rings. The van der Waals surface area contributed by atoms with Gasteiger partial charge in [-0.3, -0.25) is 0 Å². The highest BCUT2D eigenvalue weighted by molar-refractivity contribution is 7.99. The van der Waals surface area contributed by atoms with Crippen molar-refractivity contribution in [3.63, 3.8) is 0 Å². The second-order valence-corrected chi connectivity index (χ2v) is 7.54. The maximum absolute atomic E-state index is 12.0. The molecule has 0 atom stereocenters. The Balaban J connectivity index is 1.79. The minimum Gasteiger partial charge on any atom is -0.399 e. The van der Waals surface area contributed by atoms with Gasteiger partial charge in [0, 0.05) is 22.9 Å². The van der Waals surface area contributed by atoms with Crippen LogP contribution in [-0.4, -0.2) is 20.7 Å². The smallest absolute Gasteiger partial charge is 0.215 e. The SMILES string of the molecule is Nc1cccc(CS(=O)(=O)NCCSc2ccccc2)c1. The monoisotopic (exact) mass is 322 g/mol. The predicted molar refractivity (Wildman–Crippen MR) is 88.6 cm³/mol. The number of sulfonamides is 1. The Morgan fingerprint density at radius 1 is 1.05 bits per heavy atom. The van der Waals surface area contributed by atoms with E-state index in [0.29, 0.717) is 23.5 Å². The lowest BCUT2D eigenvalue weighted by molar-refractivity contribution is 0.583. The zero-order valence-electron chi connectivity index (χ0n) is 11.5. The second-order valence-electron chi connectivity index (χ2n) is 4.56. The lowest BCUT2D eigenvalue weighted by atomic mass is 10.2. The Morgan fingerprint density at radius 2 is 1.81 bits per heavy atom. The van der Waals surface area contributed by atoms with Gasteiger partial charge in [-0.05, 0) is 29.8 Å². The van der Waals surface area contributed by atoms with Crippen molar-refractivity contribution in [1.29, 1.82) is 0 Å². The van der Waals surface area contributed by atoms with Crippen molar-refractivity contribution in [2.24, 2.45) is 0 Å². The van der Waals surface area contributed by atoms with Gasteiger partial charge < -0.3 is 5.73 Å². The summed E-state index contributed by atoms with van der Waals surface area (Å²) in [6.07, 6.45) is 0. The molecule has 21 heavy (non-hydrogen) atoms. The number of nitrogens with two attached hydrogens (primary N) is 1. The summed E-state index contributed by atoms with van der Waals surface area (Å²) in [6, 6.07) is 16.8.